The molecule has 0 aromatic heterocycles. The highest BCUT2D eigenvalue weighted by Crippen LogP contribution is 1.86. The molecule has 0 aliphatic heterocycles. The first-order valence-electron chi connectivity index (χ1n) is 3.13. The van der Waals surface area contributed by atoms with Crippen LogP contribution >= 0.6 is 24.0 Å². The molecule has 0 unspecified atom stereocenters. The van der Waals surface area contributed by atoms with Gasteiger partial charge in [0.05, 0.1) is 0 Å². The normalized spacial score (nSPS) is 10.4. The molecule has 0 aromatic rings. The molecule has 0 aromatic carbocycles. The van der Waals surface area contributed by atoms with Crippen molar-refractivity contribution in [2.45, 2.75) is 6.42 Å². The summed E-state index contributed by atoms with van der Waals surface area (Å²) in [6, 6.07) is 0. The number of allylic oxidation sites excluding steroid dienone is 1. The molecule has 0 bridgehead atoms. The van der Waals surface area contributed by atoms with Crippen LogP contribution in [0.25, 0.3) is 0 Å². The van der Waals surface area contributed by atoms with Crippen molar-refractivity contribution in [3.05, 3.63) is 12.2 Å². The average Bonchev–Trinajstić information content (AvgIpc) is 1.80. The van der Waals surface area contributed by atoms with Crippen molar-refractivity contribution in [1.29, 1.82) is 0 Å². The summed E-state index contributed by atoms with van der Waals surface area (Å²) < 4.78 is 0. The van der Waals surface area contributed by atoms with Gasteiger partial charge in [0.2, 0.25) is 0 Å². The molecule has 0 rings (SSSR count). The molecule has 0 saturated carbocycles. The van der Waals surface area contributed by atoms with E-state index in [0.717, 1.165) is 13.0 Å². The van der Waals surface area contributed by atoms with Gasteiger partial charge in [-0.05, 0) is 20.5 Å². The third kappa shape index (κ3) is 11.1. The highest BCUT2D eigenvalue weighted by Gasteiger charge is 1.83. The zero-order valence-electron chi connectivity index (χ0n) is 6.51. The topological polar surface area (TPSA) is 3.24 Å². The number of nitrogens with zero attached hydrogens (tertiary/aromatic N) is 1. The van der Waals surface area contributed by atoms with Gasteiger partial charge < -0.3 is 4.90 Å². The molecule has 62 valence electrons. The number of halogens is 2. The molecular weight excluding hydrogens is 169 g/mol. The maximum atomic E-state index is 5.42. The molecule has 0 fully saturated rings. The first kappa shape index (κ1) is 12.9. The first-order chi connectivity index (χ1) is 4.27. The van der Waals surface area contributed by atoms with Crippen molar-refractivity contribution in [3.8, 4) is 0 Å². The Morgan fingerprint density at radius 2 is 1.90 bits per heavy atom. The Balaban J connectivity index is 0. The van der Waals surface area contributed by atoms with Crippen LogP contribution in [0.1, 0.15) is 6.42 Å². The lowest BCUT2D eigenvalue weighted by atomic mass is 10.4. The van der Waals surface area contributed by atoms with E-state index in [9.17, 15) is 0 Å². The molecule has 0 heterocycles. The summed E-state index contributed by atoms with van der Waals surface area (Å²) in [7, 11) is 4.13. The van der Waals surface area contributed by atoms with E-state index in [1.54, 1.807) is 0 Å². The molecule has 10 heavy (non-hydrogen) atoms. The van der Waals surface area contributed by atoms with Crippen LogP contribution in [0.4, 0.5) is 0 Å². The summed E-state index contributed by atoms with van der Waals surface area (Å²) in [6.07, 6.45) is 5.18. The van der Waals surface area contributed by atoms with Crippen LogP contribution in [0, 0.1) is 0 Å². The molecule has 0 aliphatic rings. The van der Waals surface area contributed by atoms with Gasteiger partial charge in [-0.25, -0.2) is 0 Å². The molecule has 0 spiro atoms. The van der Waals surface area contributed by atoms with E-state index in [4.69, 9.17) is 11.6 Å². The van der Waals surface area contributed by atoms with Gasteiger partial charge in [0.15, 0.2) is 0 Å². The van der Waals surface area contributed by atoms with Gasteiger partial charge in [-0.1, -0.05) is 12.2 Å². The standard InChI is InChI=1S/C7H14ClN.ClH/c1-9(2)7-5-3-4-6-8;/h3-4H,5-7H2,1-2H3;1H. The van der Waals surface area contributed by atoms with E-state index >= 15 is 0 Å². The van der Waals surface area contributed by atoms with Crippen LogP contribution in [-0.2, 0) is 0 Å². The van der Waals surface area contributed by atoms with Crippen LogP contribution in [0.5, 0.6) is 0 Å². The van der Waals surface area contributed by atoms with Gasteiger partial charge in [0.25, 0.3) is 0 Å². The predicted octanol–water partition coefficient (Wildman–Crippen LogP) is 2.15. The second kappa shape index (κ2) is 9.28. The lowest BCUT2D eigenvalue weighted by molar-refractivity contribution is 0.417. The molecule has 0 aliphatic carbocycles. The third-order valence-corrected chi connectivity index (χ3v) is 1.18. The fourth-order valence-electron chi connectivity index (χ4n) is 0.514. The Morgan fingerprint density at radius 3 is 2.30 bits per heavy atom. The average molecular weight is 184 g/mol. The zero-order valence-corrected chi connectivity index (χ0v) is 8.08. The fraction of sp³-hybridized carbons (Fsp3) is 0.714. The largest absolute Gasteiger partial charge is 0.309 e. The van der Waals surface area contributed by atoms with Gasteiger partial charge in [-0.15, -0.1) is 24.0 Å². The van der Waals surface area contributed by atoms with Gasteiger partial charge in [-0.2, -0.15) is 0 Å². The predicted molar refractivity (Wildman–Crippen MR) is 50.3 cm³/mol. The van der Waals surface area contributed by atoms with Crippen molar-refractivity contribution < 1.29 is 0 Å². The Labute approximate surface area is 74.5 Å². The van der Waals surface area contributed by atoms with E-state index in [2.05, 4.69) is 25.1 Å². The molecule has 3 heteroatoms. The van der Waals surface area contributed by atoms with Crippen molar-refractivity contribution in [2.75, 3.05) is 26.5 Å². The van der Waals surface area contributed by atoms with Crippen molar-refractivity contribution in [3.63, 3.8) is 0 Å². The maximum absolute atomic E-state index is 5.42. The minimum absolute atomic E-state index is 0. The third-order valence-electron chi connectivity index (χ3n) is 0.999. The van der Waals surface area contributed by atoms with E-state index < -0.39 is 0 Å². The number of rotatable bonds is 4. The molecule has 0 atom stereocenters. The summed E-state index contributed by atoms with van der Waals surface area (Å²) in [6.45, 7) is 1.10. The fourth-order valence-corrected chi connectivity index (χ4v) is 0.640. The van der Waals surface area contributed by atoms with Crippen molar-refractivity contribution in [2.24, 2.45) is 0 Å². The molecule has 0 N–H and O–H groups in total. The highest BCUT2D eigenvalue weighted by atomic mass is 35.5. The Morgan fingerprint density at radius 1 is 1.30 bits per heavy atom. The summed E-state index contributed by atoms with van der Waals surface area (Å²) in [5.74, 6) is 0.632. The second-order valence-electron chi connectivity index (χ2n) is 2.22. The Hall–Kier alpha value is 0.280. The zero-order chi connectivity index (χ0) is 7.11. The quantitative estimate of drug-likeness (QED) is 0.478. The number of alkyl halides is 1. The van der Waals surface area contributed by atoms with E-state index in [1.165, 1.54) is 0 Å². The smallest absolute Gasteiger partial charge is 0.0404 e. The first-order valence-corrected chi connectivity index (χ1v) is 3.66. The van der Waals surface area contributed by atoms with Gasteiger partial charge in [0.1, 0.15) is 0 Å². The summed E-state index contributed by atoms with van der Waals surface area (Å²) >= 11 is 5.42. The highest BCUT2D eigenvalue weighted by molar-refractivity contribution is 6.18. The van der Waals surface area contributed by atoms with Crippen molar-refractivity contribution >= 4 is 24.0 Å². The SMILES string of the molecule is CN(C)CCC=CCCl.Cl. The van der Waals surface area contributed by atoms with E-state index in [-0.39, 0.29) is 12.4 Å². The van der Waals surface area contributed by atoms with Gasteiger partial charge in [0, 0.05) is 12.4 Å². The molecule has 1 nitrogen and oxygen atoms in total. The minimum atomic E-state index is 0. The summed E-state index contributed by atoms with van der Waals surface area (Å²) in [5, 5.41) is 0. The van der Waals surface area contributed by atoms with Crippen LogP contribution in [-0.4, -0.2) is 31.4 Å². The van der Waals surface area contributed by atoms with Crippen LogP contribution in [0.3, 0.4) is 0 Å². The van der Waals surface area contributed by atoms with E-state index in [1.807, 2.05) is 6.08 Å². The Kier molecular flexibility index (Phi) is 12.0. The summed E-state index contributed by atoms with van der Waals surface area (Å²) in [5.41, 5.74) is 0. The molecule has 0 amide bonds. The summed E-state index contributed by atoms with van der Waals surface area (Å²) in [4.78, 5) is 2.15. The van der Waals surface area contributed by atoms with Crippen LogP contribution in [0.15, 0.2) is 12.2 Å². The van der Waals surface area contributed by atoms with Crippen molar-refractivity contribution in [1.82, 2.24) is 4.90 Å². The van der Waals surface area contributed by atoms with Gasteiger partial charge in [-0.3, -0.25) is 0 Å². The van der Waals surface area contributed by atoms with Crippen LogP contribution in [0.2, 0.25) is 0 Å². The molecular formula is C7H15Cl2N. The number of hydrogen-bond acceptors (Lipinski definition) is 1. The van der Waals surface area contributed by atoms with E-state index in [0.29, 0.717) is 5.88 Å². The lowest BCUT2D eigenvalue weighted by Crippen LogP contribution is -2.11. The maximum Gasteiger partial charge on any atom is 0.0404 e. The lowest BCUT2D eigenvalue weighted by Gasteiger charge is -2.04. The number of hydrogen-bond donors (Lipinski definition) is 0. The molecule has 0 radical (unpaired) electrons. The Bertz CT molecular complexity index is 81.7. The second-order valence-corrected chi connectivity index (χ2v) is 2.53. The molecule has 0 saturated heterocycles. The van der Waals surface area contributed by atoms with Crippen LogP contribution < -0.4 is 0 Å². The monoisotopic (exact) mass is 183 g/mol. The van der Waals surface area contributed by atoms with Gasteiger partial charge >= 0.3 is 0 Å². The minimum Gasteiger partial charge on any atom is -0.309 e.